The zero-order valence-corrected chi connectivity index (χ0v) is 11.6. The molecular formula is C13H20ClN3O. The lowest BCUT2D eigenvalue weighted by Crippen LogP contribution is -2.22. The SMILES string of the molecule is CC(N)CCCC(C)C(=O)Nc1cccc(Cl)n1. The third kappa shape index (κ3) is 5.47. The van der Waals surface area contributed by atoms with Crippen molar-refractivity contribution in [3.8, 4) is 0 Å². The Labute approximate surface area is 113 Å². The second-order valence-electron chi connectivity index (χ2n) is 4.64. The Bertz CT molecular complexity index is 396. The molecule has 1 heterocycles. The number of pyridine rings is 1. The smallest absolute Gasteiger partial charge is 0.228 e. The second kappa shape index (κ2) is 7.34. The topological polar surface area (TPSA) is 68.0 Å². The lowest BCUT2D eigenvalue weighted by molar-refractivity contribution is -0.119. The van der Waals surface area contributed by atoms with Gasteiger partial charge in [0, 0.05) is 12.0 Å². The molecule has 1 rings (SSSR count). The van der Waals surface area contributed by atoms with Crippen molar-refractivity contribution < 1.29 is 4.79 Å². The number of nitrogens with two attached hydrogens (primary N) is 1. The molecule has 0 aliphatic heterocycles. The normalized spacial score (nSPS) is 14.0. The highest BCUT2D eigenvalue weighted by atomic mass is 35.5. The fraction of sp³-hybridized carbons (Fsp3) is 0.538. The molecule has 100 valence electrons. The van der Waals surface area contributed by atoms with Crippen molar-refractivity contribution in [2.75, 3.05) is 5.32 Å². The van der Waals surface area contributed by atoms with Crippen LogP contribution < -0.4 is 11.1 Å². The molecule has 3 N–H and O–H groups in total. The highest BCUT2D eigenvalue weighted by Crippen LogP contribution is 2.13. The average molecular weight is 270 g/mol. The van der Waals surface area contributed by atoms with Gasteiger partial charge >= 0.3 is 0 Å². The van der Waals surface area contributed by atoms with E-state index in [9.17, 15) is 4.79 Å². The fourth-order valence-corrected chi connectivity index (χ4v) is 1.77. The fourth-order valence-electron chi connectivity index (χ4n) is 1.60. The first-order valence-corrected chi connectivity index (χ1v) is 6.56. The van der Waals surface area contributed by atoms with Gasteiger partial charge in [0.2, 0.25) is 5.91 Å². The van der Waals surface area contributed by atoms with Gasteiger partial charge in [-0.15, -0.1) is 0 Å². The third-order valence-electron chi connectivity index (χ3n) is 2.71. The minimum Gasteiger partial charge on any atom is -0.328 e. The summed E-state index contributed by atoms with van der Waals surface area (Å²) in [6.07, 6.45) is 2.72. The van der Waals surface area contributed by atoms with Gasteiger partial charge in [-0.1, -0.05) is 31.0 Å². The maximum atomic E-state index is 11.9. The van der Waals surface area contributed by atoms with E-state index in [1.807, 2.05) is 13.8 Å². The molecule has 0 bridgehead atoms. The van der Waals surface area contributed by atoms with Crippen molar-refractivity contribution in [2.24, 2.45) is 11.7 Å². The Hall–Kier alpha value is -1.13. The van der Waals surface area contributed by atoms with Crippen molar-refractivity contribution in [2.45, 2.75) is 39.2 Å². The Morgan fingerprint density at radius 3 is 2.78 bits per heavy atom. The van der Waals surface area contributed by atoms with Crippen molar-refractivity contribution in [1.29, 1.82) is 0 Å². The first-order valence-electron chi connectivity index (χ1n) is 6.18. The van der Waals surface area contributed by atoms with E-state index in [1.54, 1.807) is 18.2 Å². The predicted molar refractivity (Wildman–Crippen MR) is 74.5 cm³/mol. The number of carbonyl (C=O) groups excluding carboxylic acids is 1. The quantitative estimate of drug-likeness (QED) is 0.781. The number of hydrogen-bond acceptors (Lipinski definition) is 3. The number of rotatable bonds is 6. The standard InChI is InChI=1S/C13H20ClN3O/c1-9(5-3-6-10(2)15)13(18)17-12-8-4-7-11(14)16-12/h4,7-10H,3,5-6,15H2,1-2H3,(H,16,17,18). The molecule has 0 saturated heterocycles. The van der Waals surface area contributed by atoms with E-state index in [-0.39, 0.29) is 17.9 Å². The summed E-state index contributed by atoms with van der Waals surface area (Å²) in [5.74, 6) is 0.408. The van der Waals surface area contributed by atoms with Crippen LogP contribution in [0.2, 0.25) is 5.15 Å². The Balaban J connectivity index is 2.40. The molecule has 0 aliphatic rings. The van der Waals surface area contributed by atoms with Gasteiger partial charge in [-0.2, -0.15) is 0 Å². The number of aromatic nitrogens is 1. The van der Waals surface area contributed by atoms with Gasteiger partial charge in [-0.25, -0.2) is 4.98 Å². The molecule has 2 atom stereocenters. The molecule has 0 aromatic carbocycles. The Morgan fingerprint density at radius 1 is 1.44 bits per heavy atom. The molecule has 0 radical (unpaired) electrons. The molecule has 2 unspecified atom stereocenters. The molecule has 1 aromatic rings. The molecule has 4 nitrogen and oxygen atoms in total. The molecule has 18 heavy (non-hydrogen) atoms. The van der Waals surface area contributed by atoms with Gasteiger partial charge in [0.1, 0.15) is 11.0 Å². The van der Waals surface area contributed by atoms with Crippen molar-refractivity contribution >= 4 is 23.3 Å². The lowest BCUT2D eigenvalue weighted by atomic mass is 10.0. The van der Waals surface area contributed by atoms with E-state index in [1.165, 1.54) is 0 Å². The largest absolute Gasteiger partial charge is 0.328 e. The van der Waals surface area contributed by atoms with Crippen LogP contribution in [0, 0.1) is 5.92 Å². The van der Waals surface area contributed by atoms with E-state index in [0.29, 0.717) is 11.0 Å². The number of amides is 1. The maximum absolute atomic E-state index is 11.9. The van der Waals surface area contributed by atoms with Crippen LogP contribution in [-0.2, 0) is 4.79 Å². The summed E-state index contributed by atoms with van der Waals surface area (Å²) in [5.41, 5.74) is 5.67. The highest BCUT2D eigenvalue weighted by molar-refractivity contribution is 6.29. The molecule has 0 fully saturated rings. The second-order valence-corrected chi connectivity index (χ2v) is 5.03. The van der Waals surface area contributed by atoms with Crippen LogP contribution in [0.15, 0.2) is 18.2 Å². The molecule has 1 aromatic heterocycles. The van der Waals surface area contributed by atoms with Gasteiger partial charge < -0.3 is 11.1 Å². The number of carbonyl (C=O) groups is 1. The summed E-state index contributed by atoms with van der Waals surface area (Å²) in [7, 11) is 0. The first-order chi connectivity index (χ1) is 8.49. The zero-order chi connectivity index (χ0) is 13.5. The molecular weight excluding hydrogens is 250 g/mol. The molecule has 0 saturated carbocycles. The molecule has 5 heteroatoms. The predicted octanol–water partition coefficient (Wildman–Crippen LogP) is 2.83. The van der Waals surface area contributed by atoms with E-state index < -0.39 is 0 Å². The molecule has 0 aliphatic carbocycles. The van der Waals surface area contributed by atoms with Gasteiger partial charge in [-0.3, -0.25) is 4.79 Å². The van der Waals surface area contributed by atoms with Gasteiger partial charge in [0.25, 0.3) is 0 Å². The maximum Gasteiger partial charge on any atom is 0.228 e. The Kier molecular flexibility index (Phi) is 6.09. The first kappa shape index (κ1) is 14.9. The molecule has 0 spiro atoms. The van der Waals surface area contributed by atoms with E-state index in [0.717, 1.165) is 19.3 Å². The van der Waals surface area contributed by atoms with Gasteiger partial charge in [0.05, 0.1) is 0 Å². The number of nitrogens with one attached hydrogen (secondary N) is 1. The Morgan fingerprint density at radius 2 is 2.17 bits per heavy atom. The number of halogens is 1. The third-order valence-corrected chi connectivity index (χ3v) is 2.92. The number of nitrogens with zero attached hydrogens (tertiary/aromatic N) is 1. The van der Waals surface area contributed by atoms with Crippen LogP contribution in [0.3, 0.4) is 0 Å². The summed E-state index contributed by atoms with van der Waals surface area (Å²) >= 11 is 5.75. The summed E-state index contributed by atoms with van der Waals surface area (Å²) in [6.45, 7) is 3.88. The van der Waals surface area contributed by atoms with E-state index >= 15 is 0 Å². The zero-order valence-electron chi connectivity index (χ0n) is 10.8. The molecule has 1 amide bonds. The minimum atomic E-state index is -0.0514. The summed E-state index contributed by atoms with van der Waals surface area (Å²) in [4.78, 5) is 15.9. The number of anilines is 1. The highest BCUT2D eigenvalue weighted by Gasteiger charge is 2.13. The van der Waals surface area contributed by atoms with Crippen molar-refractivity contribution in [1.82, 2.24) is 4.98 Å². The van der Waals surface area contributed by atoms with Crippen LogP contribution in [0.25, 0.3) is 0 Å². The van der Waals surface area contributed by atoms with Crippen molar-refractivity contribution in [3.63, 3.8) is 0 Å². The van der Waals surface area contributed by atoms with Gasteiger partial charge in [-0.05, 0) is 31.9 Å². The van der Waals surface area contributed by atoms with Crippen LogP contribution >= 0.6 is 11.6 Å². The van der Waals surface area contributed by atoms with Crippen LogP contribution in [0.5, 0.6) is 0 Å². The average Bonchev–Trinajstić information content (AvgIpc) is 2.28. The number of hydrogen-bond donors (Lipinski definition) is 2. The van der Waals surface area contributed by atoms with E-state index in [2.05, 4.69) is 10.3 Å². The lowest BCUT2D eigenvalue weighted by Gasteiger charge is -2.12. The summed E-state index contributed by atoms with van der Waals surface area (Å²) < 4.78 is 0. The summed E-state index contributed by atoms with van der Waals surface area (Å²) in [5, 5.41) is 3.13. The monoisotopic (exact) mass is 269 g/mol. The van der Waals surface area contributed by atoms with Gasteiger partial charge in [0.15, 0.2) is 0 Å². The minimum absolute atomic E-state index is 0.0329. The van der Waals surface area contributed by atoms with Crippen LogP contribution in [0.1, 0.15) is 33.1 Å². The summed E-state index contributed by atoms with van der Waals surface area (Å²) in [6, 6.07) is 5.34. The van der Waals surface area contributed by atoms with Crippen LogP contribution in [-0.4, -0.2) is 16.9 Å². The van der Waals surface area contributed by atoms with Crippen LogP contribution in [0.4, 0.5) is 5.82 Å². The van der Waals surface area contributed by atoms with Crippen molar-refractivity contribution in [3.05, 3.63) is 23.4 Å². The van der Waals surface area contributed by atoms with E-state index in [4.69, 9.17) is 17.3 Å².